The summed E-state index contributed by atoms with van der Waals surface area (Å²) in [6, 6.07) is 5.55. The molecule has 1 fully saturated rings. The number of imide groups is 1. The second kappa shape index (κ2) is 7.57. The Bertz CT molecular complexity index is 908. The fourth-order valence-corrected chi connectivity index (χ4v) is 3.49. The van der Waals surface area contributed by atoms with Gasteiger partial charge in [-0.15, -0.1) is 0 Å². The Morgan fingerprint density at radius 3 is 2.48 bits per heavy atom. The van der Waals surface area contributed by atoms with Gasteiger partial charge in [0, 0.05) is 0 Å². The van der Waals surface area contributed by atoms with Crippen LogP contribution in [0.2, 0.25) is 0 Å². The van der Waals surface area contributed by atoms with Crippen molar-refractivity contribution in [3.8, 4) is 0 Å². The van der Waals surface area contributed by atoms with Crippen molar-refractivity contribution in [1.29, 1.82) is 0 Å². The van der Waals surface area contributed by atoms with E-state index in [4.69, 9.17) is 4.74 Å². The van der Waals surface area contributed by atoms with Crippen molar-refractivity contribution < 1.29 is 23.9 Å². The van der Waals surface area contributed by atoms with Gasteiger partial charge < -0.3 is 20.7 Å². The zero-order valence-corrected chi connectivity index (χ0v) is 16.8. The van der Waals surface area contributed by atoms with Gasteiger partial charge >= 0.3 is 18.0 Å². The number of benzene rings is 1. The van der Waals surface area contributed by atoms with E-state index in [0.717, 1.165) is 10.5 Å². The molecule has 0 bridgehead atoms. The highest BCUT2D eigenvalue weighted by Crippen LogP contribution is 2.30. The first kappa shape index (κ1) is 20.4. The molecule has 0 aliphatic carbocycles. The van der Waals surface area contributed by atoms with Crippen LogP contribution >= 0.6 is 0 Å². The van der Waals surface area contributed by atoms with Crippen LogP contribution in [0.15, 0.2) is 35.5 Å². The van der Waals surface area contributed by atoms with Crippen molar-refractivity contribution >= 4 is 23.9 Å². The smallest absolute Gasteiger partial charge is 0.337 e. The van der Waals surface area contributed by atoms with Crippen LogP contribution < -0.4 is 16.0 Å². The van der Waals surface area contributed by atoms with Gasteiger partial charge in [-0.2, -0.15) is 0 Å². The summed E-state index contributed by atoms with van der Waals surface area (Å²) >= 11 is 0. The minimum Gasteiger partial charge on any atom is -0.463 e. The number of nitrogens with one attached hydrogen (secondary N) is 3. The highest BCUT2D eigenvalue weighted by molar-refractivity contribution is 6.07. The van der Waals surface area contributed by atoms with Gasteiger partial charge in [-0.25, -0.2) is 14.4 Å². The highest BCUT2D eigenvalue weighted by Gasteiger charge is 2.49. The molecule has 1 saturated heterocycles. The number of rotatable bonds is 5. The SMILES string of the molecule is CCOC(=O)C1=C(CN2C(=O)N[C@](C)(c3ccc(C)cc3)C2=O)NC(=O)N[C@H]1C. The summed E-state index contributed by atoms with van der Waals surface area (Å²) in [7, 11) is 0. The van der Waals surface area contributed by atoms with Crippen molar-refractivity contribution in [2.24, 2.45) is 0 Å². The molecular weight excluding hydrogens is 376 g/mol. The van der Waals surface area contributed by atoms with E-state index in [-0.39, 0.29) is 24.4 Å². The maximum Gasteiger partial charge on any atom is 0.337 e. The number of carbonyl (C=O) groups excluding carboxylic acids is 4. The Balaban J connectivity index is 1.93. The molecule has 0 radical (unpaired) electrons. The highest BCUT2D eigenvalue weighted by atomic mass is 16.5. The average Bonchev–Trinajstić information content (AvgIpc) is 2.86. The van der Waals surface area contributed by atoms with Crippen molar-refractivity contribution in [2.75, 3.05) is 13.2 Å². The summed E-state index contributed by atoms with van der Waals surface area (Å²) in [5.74, 6) is -1.08. The Hall–Kier alpha value is -3.36. The summed E-state index contributed by atoms with van der Waals surface area (Å²) in [6.07, 6.45) is 0. The van der Waals surface area contributed by atoms with E-state index >= 15 is 0 Å². The lowest BCUT2D eigenvalue weighted by molar-refractivity contribution is -0.139. The summed E-state index contributed by atoms with van der Waals surface area (Å²) in [6.45, 7) is 6.76. The van der Waals surface area contributed by atoms with E-state index in [1.807, 2.05) is 19.1 Å². The maximum atomic E-state index is 13.1. The Kier molecular flexibility index (Phi) is 5.32. The fourth-order valence-electron chi connectivity index (χ4n) is 3.49. The molecule has 3 N–H and O–H groups in total. The topological polar surface area (TPSA) is 117 Å². The molecule has 2 atom stereocenters. The summed E-state index contributed by atoms with van der Waals surface area (Å²) in [5.41, 5.74) is 0.776. The third-order valence-corrected chi connectivity index (χ3v) is 5.09. The van der Waals surface area contributed by atoms with Gasteiger partial charge in [-0.1, -0.05) is 29.8 Å². The van der Waals surface area contributed by atoms with Crippen LogP contribution in [0, 0.1) is 6.92 Å². The van der Waals surface area contributed by atoms with Crippen LogP contribution in [0.4, 0.5) is 9.59 Å². The lowest BCUT2D eigenvalue weighted by Crippen LogP contribution is -2.52. The van der Waals surface area contributed by atoms with E-state index in [1.54, 1.807) is 32.9 Å². The standard InChI is InChI=1S/C20H24N4O5/c1-5-29-16(25)15-12(3)21-18(27)22-14(15)10-24-17(26)20(4,23-19(24)28)13-8-6-11(2)7-9-13/h6-9,12H,5,10H2,1-4H3,(H,23,28)(H2,21,22,27)/t12-,20+/m0/s1. The first-order chi connectivity index (χ1) is 13.7. The Morgan fingerprint density at radius 1 is 1.21 bits per heavy atom. The van der Waals surface area contributed by atoms with Gasteiger partial charge in [0.25, 0.3) is 5.91 Å². The number of hydrogen-bond donors (Lipinski definition) is 3. The number of esters is 1. The lowest BCUT2D eigenvalue weighted by Gasteiger charge is -2.28. The van der Waals surface area contributed by atoms with Gasteiger partial charge in [0.15, 0.2) is 0 Å². The molecule has 1 aromatic carbocycles. The average molecular weight is 400 g/mol. The van der Waals surface area contributed by atoms with Gasteiger partial charge in [0.2, 0.25) is 0 Å². The number of hydrogen-bond acceptors (Lipinski definition) is 5. The number of amides is 5. The molecular formula is C20H24N4O5. The van der Waals surface area contributed by atoms with E-state index < -0.39 is 35.5 Å². The normalized spacial score (nSPS) is 24.2. The largest absolute Gasteiger partial charge is 0.463 e. The number of nitrogens with zero attached hydrogens (tertiary/aromatic N) is 1. The second-order valence-electron chi connectivity index (χ2n) is 7.25. The predicted octanol–water partition coefficient (Wildman–Crippen LogP) is 1.28. The van der Waals surface area contributed by atoms with E-state index in [0.29, 0.717) is 5.56 Å². The summed E-state index contributed by atoms with van der Waals surface area (Å²) < 4.78 is 5.06. The van der Waals surface area contributed by atoms with E-state index in [9.17, 15) is 19.2 Å². The monoisotopic (exact) mass is 400 g/mol. The maximum absolute atomic E-state index is 13.1. The molecule has 5 amide bonds. The third kappa shape index (κ3) is 3.67. The zero-order chi connectivity index (χ0) is 21.3. The zero-order valence-electron chi connectivity index (χ0n) is 16.8. The molecule has 2 aliphatic rings. The number of carbonyl (C=O) groups is 4. The lowest BCUT2D eigenvalue weighted by atomic mass is 9.91. The van der Waals surface area contributed by atoms with Crippen LogP contribution in [0.25, 0.3) is 0 Å². The molecule has 9 nitrogen and oxygen atoms in total. The van der Waals surface area contributed by atoms with Crippen LogP contribution in [0.5, 0.6) is 0 Å². The summed E-state index contributed by atoms with van der Waals surface area (Å²) in [5, 5.41) is 7.83. The fraction of sp³-hybridized carbons (Fsp3) is 0.400. The molecule has 0 aromatic heterocycles. The van der Waals surface area contributed by atoms with E-state index in [1.165, 1.54) is 0 Å². The molecule has 0 saturated carbocycles. The van der Waals surface area contributed by atoms with Crippen molar-refractivity contribution in [1.82, 2.24) is 20.9 Å². The minimum atomic E-state index is -1.24. The minimum absolute atomic E-state index is 0.158. The molecule has 1 aromatic rings. The van der Waals surface area contributed by atoms with Gasteiger partial charge in [-0.3, -0.25) is 9.69 Å². The van der Waals surface area contributed by atoms with Crippen molar-refractivity contribution in [3.63, 3.8) is 0 Å². The number of urea groups is 2. The molecule has 3 rings (SSSR count). The Morgan fingerprint density at radius 2 is 1.86 bits per heavy atom. The first-order valence-electron chi connectivity index (χ1n) is 9.36. The molecule has 2 aliphatic heterocycles. The molecule has 9 heteroatoms. The van der Waals surface area contributed by atoms with Crippen LogP contribution in [-0.2, 0) is 19.9 Å². The second-order valence-corrected chi connectivity index (χ2v) is 7.25. The molecule has 0 unspecified atom stereocenters. The van der Waals surface area contributed by atoms with Gasteiger partial charge in [0.05, 0.1) is 30.5 Å². The molecule has 2 heterocycles. The van der Waals surface area contributed by atoms with Crippen LogP contribution in [0.1, 0.15) is 31.9 Å². The van der Waals surface area contributed by atoms with Crippen LogP contribution in [-0.4, -0.2) is 48.0 Å². The van der Waals surface area contributed by atoms with Crippen molar-refractivity contribution in [2.45, 2.75) is 39.3 Å². The van der Waals surface area contributed by atoms with Crippen molar-refractivity contribution in [3.05, 3.63) is 46.7 Å². The molecule has 29 heavy (non-hydrogen) atoms. The molecule has 0 spiro atoms. The predicted molar refractivity (Wildman–Crippen MR) is 104 cm³/mol. The number of aryl methyl sites for hydroxylation is 1. The Labute approximate surface area is 168 Å². The van der Waals surface area contributed by atoms with Gasteiger partial charge in [0.1, 0.15) is 5.54 Å². The third-order valence-electron chi connectivity index (χ3n) is 5.09. The quantitative estimate of drug-likeness (QED) is 0.509. The van der Waals surface area contributed by atoms with E-state index in [2.05, 4.69) is 16.0 Å². The first-order valence-corrected chi connectivity index (χ1v) is 9.36. The van der Waals surface area contributed by atoms with Crippen LogP contribution in [0.3, 0.4) is 0 Å². The number of ether oxygens (including phenoxy) is 1. The molecule has 154 valence electrons. The summed E-state index contributed by atoms with van der Waals surface area (Å²) in [4.78, 5) is 51.0. The van der Waals surface area contributed by atoms with Gasteiger partial charge in [-0.05, 0) is 33.3 Å².